The van der Waals surface area contributed by atoms with Crippen LogP contribution < -0.4 is 4.74 Å². The lowest BCUT2D eigenvalue weighted by atomic mass is 9.92. The molecule has 1 saturated carbocycles. The molecular weight excluding hydrogens is 250 g/mol. The molecule has 0 N–H and O–H groups in total. The summed E-state index contributed by atoms with van der Waals surface area (Å²) in [6, 6.07) is 0. The average Bonchev–Trinajstić information content (AvgIpc) is 3.02. The quantitative estimate of drug-likeness (QED) is 0.843. The molecule has 0 spiro atoms. The first-order valence-electron chi connectivity index (χ1n) is 7.84. The molecule has 3 nitrogen and oxygen atoms in total. The van der Waals surface area contributed by atoms with Gasteiger partial charge in [-0.2, -0.15) is 0 Å². The van der Waals surface area contributed by atoms with Gasteiger partial charge in [0.15, 0.2) is 5.88 Å². The van der Waals surface area contributed by atoms with E-state index >= 15 is 0 Å². The fraction of sp³-hybridized carbons (Fsp3) is 0.765. The number of hydrogen-bond acceptors (Lipinski definition) is 2. The minimum absolute atomic E-state index is 0.0469. The zero-order valence-corrected chi connectivity index (χ0v) is 13.5. The van der Waals surface area contributed by atoms with E-state index in [0.29, 0.717) is 12.0 Å². The van der Waals surface area contributed by atoms with Crippen LogP contribution >= 0.6 is 0 Å². The Balaban J connectivity index is 1.89. The van der Waals surface area contributed by atoms with E-state index in [1.54, 1.807) is 12.7 Å². The Hall–Kier alpha value is -0.960. The largest absolute Gasteiger partial charge is 0.482 e. The van der Waals surface area contributed by atoms with Gasteiger partial charge >= 0.3 is 0 Å². The van der Waals surface area contributed by atoms with Gasteiger partial charge in [0.25, 0.3) is 0 Å². The van der Waals surface area contributed by atoms with Crippen molar-refractivity contribution in [3.05, 3.63) is 16.8 Å². The highest BCUT2D eigenvalue weighted by molar-refractivity contribution is 5.47. The van der Waals surface area contributed by atoms with Crippen molar-refractivity contribution in [2.45, 2.75) is 70.5 Å². The zero-order chi connectivity index (χ0) is 14.5. The fourth-order valence-electron chi connectivity index (χ4n) is 3.71. The van der Waals surface area contributed by atoms with Gasteiger partial charge in [-0.05, 0) is 58.4 Å². The maximum atomic E-state index is 6.15. The van der Waals surface area contributed by atoms with E-state index < -0.39 is 0 Å². The van der Waals surface area contributed by atoms with Crippen LogP contribution in [0.25, 0.3) is 0 Å². The Morgan fingerprint density at radius 3 is 2.35 bits per heavy atom. The molecule has 3 heteroatoms. The molecule has 0 amide bonds. The van der Waals surface area contributed by atoms with Crippen molar-refractivity contribution in [1.82, 2.24) is 4.57 Å². The van der Waals surface area contributed by atoms with Gasteiger partial charge in [-0.15, -0.1) is 0 Å². The molecule has 0 aromatic carbocycles. The predicted molar refractivity (Wildman–Crippen MR) is 80.6 cm³/mol. The van der Waals surface area contributed by atoms with Gasteiger partial charge in [-0.25, -0.2) is 0 Å². The third-order valence-corrected chi connectivity index (χ3v) is 4.48. The minimum atomic E-state index is -0.0469. The van der Waals surface area contributed by atoms with Gasteiger partial charge in [0.05, 0.1) is 18.8 Å². The van der Waals surface area contributed by atoms with Crippen molar-refractivity contribution >= 4 is 0 Å². The van der Waals surface area contributed by atoms with Crippen LogP contribution in [0.1, 0.15) is 62.8 Å². The fourth-order valence-corrected chi connectivity index (χ4v) is 3.71. The highest BCUT2D eigenvalue weighted by Gasteiger charge is 2.46. The summed E-state index contributed by atoms with van der Waals surface area (Å²) in [7, 11) is 3.95. The van der Waals surface area contributed by atoms with Gasteiger partial charge in [-0.3, -0.25) is 0 Å². The molecular formula is C17H27NO2. The van der Waals surface area contributed by atoms with E-state index in [2.05, 4.69) is 32.4 Å². The SMILES string of the molecule is COc1c2c(c([C@H]3C[C@H]3OC(C)(C)C)n1C)CCCC2. The summed E-state index contributed by atoms with van der Waals surface area (Å²) >= 11 is 0. The number of rotatable bonds is 3. The maximum Gasteiger partial charge on any atom is 0.196 e. The van der Waals surface area contributed by atoms with E-state index in [9.17, 15) is 0 Å². The summed E-state index contributed by atoms with van der Waals surface area (Å²) < 4.78 is 14.1. The molecule has 2 atom stereocenters. The normalized spacial score (nSPS) is 25.4. The Kier molecular flexibility index (Phi) is 3.36. The topological polar surface area (TPSA) is 23.4 Å². The van der Waals surface area contributed by atoms with Crippen LogP contribution in [0.2, 0.25) is 0 Å². The molecule has 0 radical (unpaired) electrons. The third-order valence-electron chi connectivity index (χ3n) is 4.48. The Labute approximate surface area is 122 Å². The number of hydrogen-bond donors (Lipinski definition) is 0. The van der Waals surface area contributed by atoms with Crippen molar-refractivity contribution in [3.8, 4) is 5.88 Å². The van der Waals surface area contributed by atoms with E-state index in [4.69, 9.17) is 9.47 Å². The number of fused-ring (bicyclic) bond motifs is 1. The Bertz CT molecular complexity index is 510. The molecule has 1 aromatic heterocycles. The van der Waals surface area contributed by atoms with Crippen molar-refractivity contribution in [1.29, 1.82) is 0 Å². The first kappa shape index (κ1) is 14.0. The van der Waals surface area contributed by atoms with E-state index in [1.165, 1.54) is 36.9 Å². The van der Waals surface area contributed by atoms with Crippen molar-refractivity contribution < 1.29 is 9.47 Å². The summed E-state index contributed by atoms with van der Waals surface area (Å²) in [5.74, 6) is 1.64. The smallest absolute Gasteiger partial charge is 0.196 e. The van der Waals surface area contributed by atoms with Crippen molar-refractivity contribution in [2.24, 2.45) is 7.05 Å². The number of nitrogens with zero attached hydrogens (tertiary/aromatic N) is 1. The van der Waals surface area contributed by atoms with Gasteiger partial charge in [-0.1, -0.05) is 0 Å². The van der Waals surface area contributed by atoms with Crippen LogP contribution in [0.5, 0.6) is 5.88 Å². The van der Waals surface area contributed by atoms with Gasteiger partial charge in [0.2, 0.25) is 0 Å². The van der Waals surface area contributed by atoms with E-state index in [0.717, 1.165) is 12.3 Å². The van der Waals surface area contributed by atoms with Crippen LogP contribution in [0.15, 0.2) is 0 Å². The molecule has 0 saturated heterocycles. The second-order valence-electron chi connectivity index (χ2n) is 7.23. The van der Waals surface area contributed by atoms with Crippen LogP contribution in [-0.4, -0.2) is 23.4 Å². The van der Waals surface area contributed by atoms with Crippen LogP contribution in [-0.2, 0) is 24.6 Å². The number of ether oxygens (including phenoxy) is 2. The average molecular weight is 277 g/mol. The Morgan fingerprint density at radius 2 is 1.75 bits per heavy atom. The predicted octanol–water partition coefficient (Wildman–Crippen LogP) is 3.58. The molecule has 0 aliphatic heterocycles. The molecule has 0 unspecified atom stereocenters. The van der Waals surface area contributed by atoms with E-state index in [1.807, 2.05) is 0 Å². The third kappa shape index (κ3) is 2.37. The molecule has 0 bridgehead atoms. The summed E-state index contributed by atoms with van der Waals surface area (Å²) in [5, 5.41) is 0. The van der Waals surface area contributed by atoms with Crippen LogP contribution in [0.3, 0.4) is 0 Å². The second-order valence-corrected chi connectivity index (χ2v) is 7.23. The number of aromatic nitrogens is 1. The van der Waals surface area contributed by atoms with Crippen molar-refractivity contribution in [3.63, 3.8) is 0 Å². The highest BCUT2D eigenvalue weighted by Crippen LogP contribution is 2.50. The lowest BCUT2D eigenvalue weighted by Gasteiger charge is -2.20. The van der Waals surface area contributed by atoms with Gasteiger partial charge < -0.3 is 14.0 Å². The van der Waals surface area contributed by atoms with Gasteiger partial charge in [0, 0.05) is 24.2 Å². The molecule has 1 aromatic rings. The van der Waals surface area contributed by atoms with Crippen LogP contribution in [0.4, 0.5) is 0 Å². The summed E-state index contributed by atoms with van der Waals surface area (Å²) in [5.41, 5.74) is 4.44. The molecule has 1 heterocycles. The molecule has 20 heavy (non-hydrogen) atoms. The zero-order valence-electron chi connectivity index (χ0n) is 13.5. The molecule has 112 valence electrons. The minimum Gasteiger partial charge on any atom is -0.482 e. The molecule has 1 fully saturated rings. The maximum absolute atomic E-state index is 6.15. The first-order valence-corrected chi connectivity index (χ1v) is 7.84. The summed E-state index contributed by atoms with van der Waals surface area (Å²) in [4.78, 5) is 0. The molecule has 3 rings (SSSR count). The standard InChI is InChI=1S/C17H27NO2/c1-17(2,3)20-14-10-13(14)15-11-8-6-7-9-12(11)16(19-5)18(15)4/h13-14H,6-10H2,1-5H3/t13-,14+/m0/s1. The Morgan fingerprint density at radius 1 is 1.10 bits per heavy atom. The molecule has 2 aliphatic rings. The lowest BCUT2D eigenvalue weighted by molar-refractivity contribution is -0.0179. The first-order chi connectivity index (χ1) is 9.42. The molecule has 2 aliphatic carbocycles. The second kappa shape index (κ2) is 4.80. The van der Waals surface area contributed by atoms with Crippen LogP contribution in [0, 0.1) is 0 Å². The summed E-state index contributed by atoms with van der Waals surface area (Å²) in [6.45, 7) is 6.43. The monoisotopic (exact) mass is 277 g/mol. The van der Waals surface area contributed by atoms with Crippen molar-refractivity contribution in [2.75, 3.05) is 7.11 Å². The van der Waals surface area contributed by atoms with Gasteiger partial charge in [0.1, 0.15) is 0 Å². The number of methoxy groups -OCH3 is 1. The summed E-state index contributed by atoms with van der Waals surface area (Å²) in [6.07, 6.45) is 6.53. The highest BCUT2D eigenvalue weighted by atomic mass is 16.5. The lowest BCUT2D eigenvalue weighted by Crippen LogP contribution is -2.21. The van der Waals surface area contributed by atoms with E-state index in [-0.39, 0.29) is 5.60 Å².